The lowest BCUT2D eigenvalue weighted by Gasteiger charge is -2.20. The van der Waals surface area contributed by atoms with Gasteiger partial charge in [0.1, 0.15) is 0 Å². The molecule has 6 rings (SSSR count). The molecule has 0 spiro atoms. The van der Waals surface area contributed by atoms with Crippen LogP contribution in [0.25, 0.3) is 0 Å². The van der Waals surface area contributed by atoms with Crippen LogP contribution in [0.1, 0.15) is 81.1 Å². The maximum atomic E-state index is 13.6. The smallest absolute Gasteiger partial charge is 0.305 e. The first-order chi connectivity index (χ1) is 21.2. The lowest BCUT2D eigenvalue weighted by atomic mass is 9.84. The summed E-state index contributed by atoms with van der Waals surface area (Å²) in [5.74, 6) is -0.362. The predicted octanol–water partition coefficient (Wildman–Crippen LogP) is 6.67. The van der Waals surface area contributed by atoms with Gasteiger partial charge in [-0.15, -0.1) is 0 Å². The van der Waals surface area contributed by atoms with Crippen molar-refractivity contribution in [1.82, 2.24) is 0 Å². The number of hydrogen-bond acceptors (Lipinski definition) is 8. The highest BCUT2D eigenvalue weighted by Gasteiger charge is 2.42. The molecule has 45 heavy (non-hydrogen) atoms. The number of carbonyl (C=O) groups excluding carboxylic acids is 2. The van der Waals surface area contributed by atoms with Gasteiger partial charge in [-0.2, -0.15) is 0 Å². The van der Waals surface area contributed by atoms with E-state index in [2.05, 4.69) is 34.6 Å². The molecule has 0 radical (unpaired) electrons. The molecule has 1 N–H and O–H groups in total. The molecule has 6 aliphatic rings. The Morgan fingerprint density at radius 1 is 0.978 bits per heavy atom. The molecule has 8 nitrogen and oxygen atoms in total. The molecule has 0 amide bonds. The van der Waals surface area contributed by atoms with Gasteiger partial charge in [0.05, 0.1) is 53.1 Å². The summed E-state index contributed by atoms with van der Waals surface area (Å²) in [6.07, 6.45) is 7.09. The number of Topliss-reactive ketones (excluding diaryl/α,β-unsaturated/α-hetero) is 1. The number of aliphatic imine (C=N–C) groups is 4. The molecule has 8 bridgehead atoms. The fraction of sp³-hybridized carbons (Fsp3) is 0.459. The molecule has 3 atom stereocenters. The van der Waals surface area contributed by atoms with Crippen LogP contribution in [0.3, 0.4) is 0 Å². The van der Waals surface area contributed by atoms with Crippen molar-refractivity contribution in [3.63, 3.8) is 0 Å². The average molecular weight is 607 g/mol. The van der Waals surface area contributed by atoms with E-state index in [1.165, 1.54) is 7.11 Å². The summed E-state index contributed by atoms with van der Waals surface area (Å²) in [6.45, 7) is 16.5. The van der Waals surface area contributed by atoms with Gasteiger partial charge >= 0.3 is 5.97 Å². The van der Waals surface area contributed by atoms with Crippen LogP contribution in [0.4, 0.5) is 0 Å². The number of fused-ring (bicyclic) bond motifs is 4. The van der Waals surface area contributed by atoms with Crippen molar-refractivity contribution in [2.75, 3.05) is 7.11 Å². The van der Waals surface area contributed by atoms with Crippen LogP contribution >= 0.6 is 0 Å². The molecule has 0 unspecified atom stereocenters. The number of carbonyl (C=O) groups is 2. The van der Waals surface area contributed by atoms with Crippen molar-refractivity contribution in [2.24, 2.45) is 37.2 Å². The number of aliphatic hydroxyl groups excluding tert-OH is 1. The second-order valence-corrected chi connectivity index (χ2v) is 14.1. The zero-order valence-corrected chi connectivity index (χ0v) is 27.8. The minimum absolute atomic E-state index is 0.0130. The van der Waals surface area contributed by atoms with Gasteiger partial charge in [-0.3, -0.25) is 14.6 Å². The van der Waals surface area contributed by atoms with Crippen LogP contribution in [0.2, 0.25) is 0 Å². The van der Waals surface area contributed by atoms with Gasteiger partial charge in [-0.25, -0.2) is 15.0 Å². The Kier molecular flexibility index (Phi) is 7.63. The molecule has 0 aromatic carbocycles. The number of allylic oxidation sites excluding steroid dienone is 10. The van der Waals surface area contributed by atoms with E-state index in [4.69, 9.17) is 24.7 Å². The van der Waals surface area contributed by atoms with Crippen LogP contribution in [0, 0.1) is 17.3 Å². The SMILES string of the molecule is COC(=O)CC[C@@H]1C2=C3CC(=O)C4=C(C)C(=CC5=NC(=CC6=NC(=CC(=N2)[C@H]1C)C(C)=C6[C@H](C)O)C(C)=C5CC(C)(C)C)N=C34. The third-order valence-electron chi connectivity index (χ3n) is 9.65. The van der Waals surface area contributed by atoms with E-state index in [1.54, 1.807) is 6.92 Å². The van der Waals surface area contributed by atoms with Crippen molar-refractivity contribution in [2.45, 2.75) is 87.2 Å². The average Bonchev–Trinajstić information content (AvgIpc) is 3.71. The van der Waals surface area contributed by atoms with Gasteiger partial charge in [-0.1, -0.05) is 27.7 Å². The number of esters is 1. The number of ketones is 1. The highest BCUT2D eigenvalue weighted by molar-refractivity contribution is 6.38. The Morgan fingerprint density at radius 3 is 2.29 bits per heavy atom. The maximum absolute atomic E-state index is 13.6. The predicted molar refractivity (Wildman–Crippen MR) is 178 cm³/mol. The first-order valence-electron chi connectivity index (χ1n) is 15.8. The molecule has 8 heteroatoms. The van der Waals surface area contributed by atoms with Gasteiger partial charge in [0.25, 0.3) is 0 Å². The van der Waals surface area contributed by atoms with Crippen LogP contribution in [-0.4, -0.2) is 52.9 Å². The minimum Gasteiger partial charge on any atom is -0.469 e. The van der Waals surface area contributed by atoms with E-state index in [1.807, 2.05) is 32.1 Å². The van der Waals surface area contributed by atoms with Crippen molar-refractivity contribution in [1.29, 1.82) is 0 Å². The Balaban J connectivity index is 1.62. The quantitative estimate of drug-likeness (QED) is 0.352. The van der Waals surface area contributed by atoms with Crippen LogP contribution in [0.5, 0.6) is 0 Å². The number of rotatable bonds is 5. The third kappa shape index (κ3) is 5.33. The first kappa shape index (κ1) is 31.0. The summed E-state index contributed by atoms with van der Waals surface area (Å²) in [4.78, 5) is 46.2. The Bertz CT molecular complexity index is 1800. The van der Waals surface area contributed by atoms with E-state index in [-0.39, 0.29) is 41.8 Å². The standard InChI is InChI=1S/C37H42N4O4/c1-17-22(10-11-32(44)45-9)35-23-12-31(43)34-20(4)28(41-36(23)34)14-29-24(16-37(6,7)8)18(2)25(38-29)15-30-33(21(5)42)19(3)27(39-30)13-26(17)40-35/h13-15,17,21-22,42H,10-12,16H2,1-9H3/t17-,21-,22-/m0/s1. The van der Waals surface area contributed by atoms with Crippen LogP contribution < -0.4 is 0 Å². The van der Waals surface area contributed by atoms with E-state index >= 15 is 0 Å². The number of hydrogen-bond donors (Lipinski definition) is 1. The summed E-state index contributed by atoms with van der Waals surface area (Å²) >= 11 is 0. The third-order valence-corrected chi connectivity index (χ3v) is 9.65. The van der Waals surface area contributed by atoms with Crippen molar-refractivity contribution < 1.29 is 19.4 Å². The Hall–Kier alpha value is -4.04. The van der Waals surface area contributed by atoms with Crippen molar-refractivity contribution >= 4 is 34.6 Å². The molecule has 1 saturated carbocycles. The lowest BCUT2D eigenvalue weighted by molar-refractivity contribution is -0.140. The fourth-order valence-corrected chi connectivity index (χ4v) is 7.22. The molecule has 1 aliphatic carbocycles. The molecule has 234 valence electrons. The maximum Gasteiger partial charge on any atom is 0.305 e. The highest BCUT2D eigenvalue weighted by Crippen LogP contribution is 2.45. The first-order valence-corrected chi connectivity index (χ1v) is 15.8. The number of methoxy groups -OCH3 is 1. The molecule has 0 saturated heterocycles. The second kappa shape index (κ2) is 11.1. The van der Waals surface area contributed by atoms with E-state index in [9.17, 15) is 14.7 Å². The Morgan fingerprint density at radius 2 is 1.62 bits per heavy atom. The van der Waals surface area contributed by atoms with Gasteiger partial charge < -0.3 is 9.84 Å². The normalized spacial score (nSPS) is 25.0. The topological polar surface area (TPSA) is 113 Å². The minimum atomic E-state index is -0.728. The highest BCUT2D eigenvalue weighted by atomic mass is 16.5. The van der Waals surface area contributed by atoms with Crippen LogP contribution in [-0.2, 0) is 14.3 Å². The number of nitrogens with zero attached hydrogens (tertiary/aromatic N) is 4. The molecule has 1 fully saturated rings. The zero-order chi connectivity index (χ0) is 32.5. The summed E-state index contributed by atoms with van der Waals surface area (Å²) < 4.78 is 4.97. The van der Waals surface area contributed by atoms with Gasteiger partial charge in [0.15, 0.2) is 5.78 Å². The molecule has 5 heterocycles. The van der Waals surface area contributed by atoms with Gasteiger partial charge in [0, 0.05) is 47.1 Å². The Labute approximate surface area is 265 Å². The largest absolute Gasteiger partial charge is 0.469 e. The van der Waals surface area contributed by atoms with Gasteiger partial charge in [0.2, 0.25) is 0 Å². The van der Waals surface area contributed by atoms with E-state index < -0.39 is 6.10 Å². The van der Waals surface area contributed by atoms with Crippen molar-refractivity contribution in [3.8, 4) is 0 Å². The van der Waals surface area contributed by atoms with E-state index in [0.29, 0.717) is 23.4 Å². The van der Waals surface area contributed by atoms with E-state index in [0.717, 1.165) is 74.1 Å². The monoisotopic (exact) mass is 606 g/mol. The number of ether oxygens (including phenoxy) is 1. The number of aliphatic hydroxyl groups is 1. The van der Waals surface area contributed by atoms with Crippen molar-refractivity contribution in [3.05, 3.63) is 80.0 Å². The summed E-state index contributed by atoms with van der Waals surface area (Å²) in [7, 11) is 1.40. The zero-order valence-electron chi connectivity index (χ0n) is 27.8. The molecule has 0 aromatic rings. The van der Waals surface area contributed by atoms with Crippen LogP contribution in [0.15, 0.2) is 100.0 Å². The second-order valence-electron chi connectivity index (χ2n) is 14.1. The molecular formula is C37H42N4O4. The molecule has 0 aromatic heterocycles. The molecular weight excluding hydrogens is 564 g/mol. The molecule has 5 aliphatic heterocycles. The summed E-state index contributed by atoms with van der Waals surface area (Å²) in [6, 6.07) is 0. The fourth-order valence-electron chi connectivity index (χ4n) is 7.22. The summed E-state index contributed by atoms with van der Waals surface area (Å²) in [5, 5.41) is 10.9. The van der Waals surface area contributed by atoms with Gasteiger partial charge in [-0.05, 0) is 86.5 Å². The lowest BCUT2D eigenvalue weighted by Crippen LogP contribution is -2.17. The summed E-state index contributed by atoms with van der Waals surface area (Å²) in [5.41, 5.74) is 12.4.